The molecule has 0 spiro atoms. The van der Waals surface area contributed by atoms with Gasteiger partial charge in [-0.05, 0) is 35.6 Å². The van der Waals surface area contributed by atoms with Crippen LogP contribution in [0.3, 0.4) is 0 Å². The molecule has 18 heavy (non-hydrogen) atoms. The highest BCUT2D eigenvalue weighted by molar-refractivity contribution is 5.44. The second-order valence-corrected chi connectivity index (χ2v) is 6.09. The summed E-state index contributed by atoms with van der Waals surface area (Å²) in [6.45, 7) is 11.4. The standard InChI is InChI=1S/C15H23NO2/c1-11(15(2,3)4)8-16-9-12-5-6-13-14(7-12)18-10-17-13/h5-7,11,16H,8-10H2,1-4H3. The van der Waals surface area contributed by atoms with Gasteiger partial charge in [-0.1, -0.05) is 33.8 Å². The molecule has 3 heteroatoms. The van der Waals surface area contributed by atoms with Gasteiger partial charge < -0.3 is 14.8 Å². The number of ether oxygens (including phenoxy) is 2. The number of fused-ring (bicyclic) bond motifs is 1. The molecule has 2 rings (SSSR count). The van der Waals surface area contributed by atoms with Crippen LogP contribution in [0.5, 0.6) is 11.5 Å². The number of rotatable bonds is 4. The Morgan fingerprint density at radius 2 is 1.94 bits per heavy atom. The Morgan fingerprint density at radius 3 is 2.67 bits per heavy atom. The third-order valence-electron chi connectivity index (χ3n) is 3.70. The molecule has 0 saturated heterocycles. The van der Waals surface area contributed by atoms with E-state index in [2.05, 4.69) is 45.1 Å². The van der Waals surface area contributed by atoms with Crippen LogP contribution in [0.15, 0.2) is 18.2 Å². The second-order valence-electron chi connectivity index (χ2n) is 6.09. The van der Waals surface area contributed by atoms with Gasteiger partial charge in [0.15, 0.2) is 11.5 Å². The largest absolute Gasteiger partial charge is 0.454 e. The van der Waals surface area contributed by atoms with Crippen molar-refractivity contribution in [3.05, 3.63) is 23.8 Å². The van der Waals surface area contributed by atoms with Crippen LogP contribution in [-0.4, -0.2) is 13.3 Å². The third-order valence-corrected chi connectivity index (χ3v) is 3.70. The maximum atomic E-state index is 5.37. The first-order chi connectivity index (χ1) is 8.47. The van der Waals surface area contributed by atoms with Crippen LogP contribution in [0.2, 0.25) is 0 Å². The molecular formula is C15H23NO2. The Balaban J connectivity index is 1.84. The normalized spacial score (nSPS) is 15.8. The molecule has 3 nitrogen and oxygen atoms in total. The predicted octanol–water partition coefficient (Wildman–Crippen LogP) is 3.19. The van der Waals surface area contributed by atoms with E-state index in [1.165, 1.54) is 5.56 Å². The lowest BCUT2D eigenvalue weighted by Crippen LogP contribution is -2.29. The van der Waals surface area contributed by atoms with Crippen LogP contribution < -0.4 is 14.8 Å². The van der Waals surface area contributed by atoms with E-state index in [1.807, 2.05) is 6.07 Å². The smallest absolute Gasteiger partial charge is 0.231 e. The molecule has 100 valence electrons. The molecular weight excluding hydrogens is 226 g/mol. The molecule has 1 atom stereocenters. The van der Waals surface area contributed by atoms with Crippen molar-refractivity contribution >= 4 is 0 Å². The first-order valence-electron chi connectivity index (χ1n) is 6.56. The van der Waals surface area contributed by atoms with Crippen LogP contribution in [0.25, 0.3) is 0 Å². The molecule has 1 N–H and O–H groups in total. The van der Waals surface area contributed by atoms with Gasteiger partial charge in [-0.2, -0.15) is 0 Å². The van der Waals surface area contributed by atoms with Crippen LogP contribution in [-0.2, 0) is 6.54 Å². The molecule has 1 heterocycles. The van der Waals surface area contributed by atoms with Crippen LogP contribution in [0, 0.1) is 11.3 Å². The van der Waals surface area contributed by atoms with E-state index in [1.54, 1.807) is 0 Å². The van der Waals surface area contributed by atoms with Crippen molar-refractivity contribution in [3.63, 3.8) is 0 Å². The van der Waals surface area contributed by atoms with E-state index >= 15 is 0 Å². The summed E-state index contributed by atoms with van der Waals surface area (Å²) in [5, 5.41) is 3.50. The van der Waals surface area contributed by atoms with E-state index in [0.29, 0.717) is 18.1 Å². The van der Waals surface area contributed by atoms with Gasteiger partial charge in [-0.15, -0.1) is 0 Å². The zero-order valence-corrected chi connectivity index (χ0v) is 11.7. The Kier molecular flexibility index (Phi) is 3.81. The van der Waals surface area contributed by atoms with E-state index in [9.17, 15) is 0 Å². The quantitative estimate of drug-likeness (QED) is 0.889. The maximum absolute atomic E-state index is 5.37. The first-order valence-corrected chi connectivity index (χ1v) is 6.56. The van der Waals surface area contributed by atoms with E-state index in [-0.39, 0.29) is 0 Å². The number of nitrogens with one attached hydrogen (secondary N) is 1. The third kappa shape index (κ3) is 3.16. The molecule has 1 aromatic rings. The van der Waals surface area contributed by atoms with Gasteiger partial charge in [0.05, 0.1) is 0 Å². The zero-order valence-electron chi connectivity index (χ0n) is 11.7. The van der Waals surface area contributed by atoms with Gasteiger partial charge in [0.25, 0.3) is 0 Å². The number of hydrogen-bond acceptors (Lipinski definition) is 3. The molecule has 0 saturated carbocycles. The fourth-order valence-electron chi connectivity index (χ4n) is 1.79. The maximum Gasteiger partial charge on any atom is 0.231 e. The fourth-order valence-corrected chi connectivity index (χ4v) is 1.79. The van der Waals surface area contributed by atoms with Crippen LogP contribution >= 0.6 is 0 Å². The van der Waals surface area contributed by atoms with Crippen molar-refractivity contribution in [3.8, 4) is 11.5 Å². The van der Waals surface area contributed by atoms with E-state index < -0.39 is 0 Å². The van der Waals surface area contributed by atoms with Crippen molar-refractivity contribution < 1.29 is 9.47 Å². The molecule has 0 amide bonds. The van der Waals surface area contributed by atoms with Crippen molar-refractivity contribution in [2.45, 2.75) is 34.2 Å². The van der Waals surface area contributed by atoms with Gasteiger partial charge in [0.2, 0.25) is 6.79 Å². The number of benzene rings is 1. The van der Waals surface area contributed by atoms with Crippen molar-refractivity contribution in [1.29, 1.82) is 0 Å². The zero-order chi connectivity index (χ0) is 13.2. The highest BCUT2D eigenvalue weighted by Crippen LogP contribution is 2.32. The number of hydrogen-bond donors (Lipinski definition) is 1. The molecule has 1 aromatic carbocycles. The molecule has 0 radical (unpaired) electrons. The lowest BCUT2D eigenvalue weighted by Gasteiger charge is -2.27. The minimum atomic E-state index is 0.341. The summed E-state index contributed by atoms with van der Waals surface area (Å²) in [4.78, 5) is 0. The molecule has 0 bridgehead atoms. The average molecular weight is 249 g/mol. The summed E-state index contributed by atoms with van der Waals surface area (Å²) in [6, 6.07) is 6.12. The van der Waals surface area contributed by atoms with Crippen molar-refractivity contribution in [2.24, 2.45) is 11.3 Å². The lowest BCUT2D eigenvalue weighted by atomic mass is 9.82. The van der Waals surface area contributed by atoms with Crippen molar-refractivity contribution in [1.82, 2.24) is 5.32 Å². The Morgan fingerprint density at radius 1 is 1.22 bits per heavy atom. The SMILES string of the molecule is CC(CNCc1ccc2c(c1)OCO2)C(C)(C)C. The Hall–Kier alpha value is -1.22. The highest BCUT2D eigenvalue weighted by atomic mass is 16.7. The predicted molar refractivity (Wildman–Crippen MR) is 72.9 cm³/mol. The highest BCUT2D eigenvalue weighted by Gasteiger charge is 2.19. The van der Waals surface area contributed by atoms with Crippen LogP contribution in [0.4, 0.5) is 0 Å². The summed E-state index contributed by atoms with van der Waals surface area (Å²) in [7, 11) is 0. The first kappa shape index (κ1) is 13.2. The molecule has 1 unspecified atom stereocenters. The molecule has 1 aliphatic rings. The van der Waals surface area contributed by atoms with Gasteiger partial charge in [0.1, 0.15) is 0 Å². The van der Waals surface area contributed by atoms with Gasteiger partial charge >= 0.3 is 0 Å². The van der Waals surface area contributed by atoms with Crippen molar-refractivity contribution in [2.75, 3.05) is 13.3 Å². The summed E-state index contributed by atoms with van der Waals surface area (Å²) in [6.07, 6.45) is 0. The summed E-state index contributed by atoms with van der Waals surface area (Å²) in [5.41, 5.74) is 1.59. The van der Waals surface area contributed by atoms with E-state index in [4.69, 9.17) is 9.47 Å². The monoisotopic (exact) mass is 249 g/mol. The minimum Gasteiger partial charge on any atom is -0.454 e. The Labute approximate surface area is 109 Å². The van der Waals surface area contributed by atoms with Gasteiger partial charge in [-0.3, -0.25) is 0 Å². The van der Waals surface area contributed by atoms with Gasteiger partial charge in [0, 0.05) is 6.54 Å². The topological polar surface area (TPSA) is 30.5 Å². The molecule has 0 aromatic heterocycles. The van der Waals surface area contributed by atoms with Crippen LogP contribution in [0.1, 0.15) is 33.3 Å². The van der Waals surface area contributed by atoms with E-state index in [0.717, 1.165) is 24.6 Å². The summed E-state index contributed by atoms with van der Waals surface area (Å²) >= 11 is 0. The summed E-state index contributed by atoms with van der Waals surface area (Å²) in [5.74, 6) is 2.35. The fraction of sp³-hybridized carbons (Fsp3) is 0.600. The minimum absolute atomic E-state index is 0.341. The molecule has 0 fully saturated rings. The Bertz CT molecular complexity index is 409. The molecule has 0 aliphatic carbocycles. The second kappa shape index (κ2) is 5.19. The average Bonchev–Trinajstić information content (AvgIpc) is 2.74. The lowest BCUT2D eigenvalue weighted by molar-refractivity contribution is 0.174. The van der Waals surface area contributed by atoms with Gasteiger partial charge in [-0.25, -0.2) is 0 Å². The summed E-state index contributed by atoms with van der Waals surface area (Å²) < 4.78 is 10.7. The molecule has 1 aliphatic heterocycles.